The first-order valence-corrected chi connectivity index (χ1v) is 11.5. The SMILES string of the molecule is O=C(COc1ccc(S(=O)(=O)NC2CCCC2)cc1Cl)N1CCCCCC1. The zero-order valence-corrected chi connectivity index (χ0v) is 17.0. The molecule has 3 rings (SSSR count). The minimum absolute atomic E-state index is 0.00375. The Balaban J connectivity index is 1.59. The summed E-state index contributed by atoms with van der Waals surface area (Å²) in [6, 6.07) is 4.36. The summed E-state index contributed by atoms with van der Waals surface area (Å²) in [6.07, 6.45) is 8.18. The zero-order valence-electron chi connectivity index (χ0n) is 15.5. The highest BCUT2D eigenvalue weighted by Gasteiger charge is 2.24. The van der Waals surface area contributed by atoms with E-state index in [4.69, 9.17) is 16.3 Å². The number of amides is 1. The molecular weight excluding hydrogens is 388 g/mol. The van der Waals surface area contributed by atoms with E-state index in [1.54, 1.807) is 0 Å². The molecule has 2 fully saturated rings. The normalized spacial score (nSPS) is 19.1. The molecule has 27 heavy (non-hydrogen) atoms. The predicted octanol–water partition coefficient (Wildman–Crippen LogP) is 3.34. The maximum absolute atomic E-state index is 12.5. The first-order chi connectivity index (χ1) is 13.0. The van der Waals surface area contributed by atoms with Gasteiger partial charge >= 0.3 is 0 Å². The number of carbonyl (C=O) groups is 1. The summed E-state index contributed by atoms with van der Waals surface area (Å²) < 4.78 is 33.3. The molecule has 0 bridgehead atoms. The topological polar surface area (TPSA) is 75.7 Å². The maximum Gasteiger partial charge on any atom is 0.260 e. The maximum atomic E-state index is 12.5. The zero-order chi connectivity index (χ0) is 19.3. The molecule has 2 aliphatic rings. The minimum Gasteiger partial charge on any atom is -0.482 e. The van der Waals surface area contributed by atoms with E-state index >= 15 is 0 Å². The number of ether oxygens (including phenoxy) is 1. The van der Waals surface area contributed by atoms with E-state index < -0.39 is 10.0 Å². The Morgan fingerprint density at radius 3 is 2.41 bits per heavy atom. The Labute approximate surface area is 166 Å². The Morgan fingerprint density at radius 2 is 1.78 bits per heavy atom. The van der Waals surface area contributed by atoms with Crippen LogP contribution in [0.1, 0.15) is 51.4 Å². The van der Waals surface area contributed by atoms with Crippen LogP contribution >= 0.6 is 11.6 Å². The molecule has 1 amide bonds. The summed E-state index contributed by atoms with van der Waals surface area (Å²) in [7, 11) is -3.60. The van der Waals surface area contributed by atoms with Crippen molar-refractivity contribution in [1.29, 1.82) is 0 Å². The smallest absolute Gasteiger partial charge is 0.260 e. The van der Waals surface area contributed by atoms with Gasteiger partial charge in [-0.1, -0.05) is 37.3 Å². The van der Waals surface area contributed by atoms with Crippen molar-refractivity contribution in [2.45, 2.75) is 62.3 Å². The van der Waals surface area contributed by atoms with Crippen molar-refractivity contribution in [3.63, 3.8) is 0 Å². The Morgan fingerprint density at radius 1 is 1.11 bits per heavy atom. The van der Waals surface area contributed by atoms with Gasteiger partial charge < -0.3 is 9.64 Å². The number of likely N-dealkylation sites (tertiary alicyclic amines) is 1. The number of carbonyl (C=O) groups excluding carboxylic acids is 1. The van der Waals surface area contributed by atoms with Crippen LogP contribution in [-0.4, -0.2) is 45.0 Å². The number of halogens is 1. The summed E-state index contributed by atoms with van der Waals surface area (Å²) in [4.78, 5) is 14.2. The van der Waals surface area contributed by atoms with Gasteiger partial charge in [0.2, 0.25) is 10.0 Å². The van der Waals surface area contributed by atoms with E-state index in [1.807, 2.05) is 4.90 Å². The largest absolute Gasteiger partial charge is 0.482 e. The van der Waals surface area contributed by atoms with Crippen molar-refractivity contribution in [1.82, 2.24) is 9.62 Å². The summed E-state index contributed by atoms with van der Waals surface area (Å²) in [5.41, 5.74) is 0. The summed E-state index contributed by atoms with van der Waals surface area (Å²) >= 11 is 6.21. The fourth-order valence-corrected chi connectivity index (χ4v) is 5.28. The quantitative estimate of drug-likeness (QED) is 0.774. The molecule has 0 aromatic heterocycles. The molecule has 1 N–H and O–H groups in total. The Bertz CT molecular complexity index is 755. The highest BCUT2D eigenvalue weighted by molar-refractivity contribution is 7.89. The van der Waals surface area contributed by atoms with Crippen LogP contribution in [0.15, 0.2) is 23.1 Å². The third-order valence-electron chi connectivity index (χ3n) is 5.20. The first-order valence-electron chi connectivity index (χ1n) is 9.68. The van der Waals surface area contributed by atoms with Crippen LogP contribution in [0.3, 0.4) is 0 Å². The van der Waals surface area contributed by atoms with Crippen molar-refractivity contribution < 1.29 is 17.9 Å². The molecule has 8 heteroatoms. The van der Waals surface area contributed by atoms with Crippen LogP contribution in [0.4, 0.5) is 0 Å². The lowest BCUT2D eigenvalue weighted by atomic mass is 10.2. The number of rotatable bonds is 6. The second kappa shape index (κ2) is 9.26. The molecule has 0 spiro atoms. The van der Waals surface area contributed by atoms with E-state index in [0.29, 0.717) is 5.75 Å². The molecular formula is C19H27ClN2O4S. The third kappa shape index (κ3) is 5.59. The summed E-state index contributed by atoms with van der Waals surface area (Å²) in [5.74, 6) is 0.257. The molecule has 0 unspecified atom stereocenters. The number of nitrogens with one attached hydrogen (secondary N) is 1. The number of hydrogen-bond acceptors (Lipinski definition) is 4. The summed E-state index contributed by atoms with van der Waals surface area (Å²) in [6.45, 7) is 1.44. The van der Waals surface area contributed by atoms with E-state index in [1.165, 1.54) is 18.2 Å². The van der Waals surface area contributed by atoms with Gasteiger partial charge in [0.25, 0.3) is 5.91 Å². The lowest BCUT2D eigenvalue weighted by molar-refractivity contribution is -0.133. The van der Waals surface area contributed by atoms with Gasteiger partial charge in [0.15, 0.2) is 6.61 Å². The molecule has 0 atom stereocenters. The second-order valence-electron chi connectivity index (χ2n) is 7.28. The molecule has 1 saturated heterocycles. The molecule has 1 aliphatic carbocycles. The van der Waals surface area contributed by atoms with Gasteiger partial charge in [-0.15, -0.1) is 0 Å². The van der Waals surface area contributed by atoms with E-state index in [9.17, 15) is 13.2 Å². The van der Waals surface area contributed by atoms with Gasteiger partial charge in [-0.05, 0) is 43.9 Å². The van der Waals surface area contributed by atoms with E-state index in [2.05, 4.69) is 4.72 Å². The van der Waals surface area contributed by atoms with Crippen molar-refractivity contribution in [3.8, 4) is 5.75 Å². The third-order valence-corrected chi connectivity index (χ3v) is 7.01. The lowest BCUT2D eigenvalue weighted by Gasteiger charge is -2.20. The van der Waals surface area contributed by atoms with Crippen molar-refractivity contribution >= 4 is 27.5 Å². The molecule has 0 radical (unpaired) electrons. The molecule has 1 aliphatic heterocycles. The van der Waals surface area contributed by atoms with Gasteiger partial charge in [-0.3, -0.25) is 4.79 Å². The molecule has 1 saturated carbocycles. The van der Waals surface area contributed by atoms with Gasteiger partial charge in [0.1, 0.15) is 5.75 Å². The van der Waals surface area contributed by atoms with Crippen molar-refractivity contribution in [2.75, 3.05) is 19.7 Å². The monoisotopic (exact) mass is 414 g/mol. The minimum atomic E-state index is -3.60. The van der Waals surface area contributed by atoms with Gasteiger partial charge in [-0.2, -0.15) is 0 Å². The Kier molecular flexibility index (Phi) is 7.00. The lowest BCUT2D eigenvalue weighted by Crippen LogP contribution is -2.35. The van der Waals surface area contributed by atoms with Crippen LogP contribution in [0, 0.1) is 0 Å². The van der Waals surface area contributed by atoms with Crippen LogP contribution in [0.2, 0.25) is 5.02 Å². The van der Waals surface area contributed by atoms with E-state index in [0.717, 1.165) is 64.5 Å². The average molecular weight is 415 g/mol. The number of nitrogens with zero attached hydrogens (tertiary/aromatic N) is 1. The van der Waals surface area contributed by atoms with Gasteiger partial charge in [0, 0.05) is 19.1 Å². The standard InChI is InChI=1S/C19H27ClN2O4S/c20-17-13-16(27(24,25)21-15-7-3-4-8-15)9-10-18(17)26-14-19(23)22-11-5-1-2-6-12-22/h9-10,13,15,21H,1-8,11-12,14H2. The van der Waals surface area contributed by atoms with Crippen LogP contribution in [-0.2, 0) is 14.8 Å². The van der Waals surface area contributed by atoms with Crippen molar-refractivity contribution in [3.05, 3.63) is 23.2 Å². The van der Waals surface area contributed by atoms with Crippen LogP contribution in [0.25, 0.3) is 0 Å². The second-order valence-corrected chi connectivity index (χ2v) is 9.40. The number of benzene rings is 1. The molecule has 6 nitrogen and oxygen atoms in total. The highest BCUT2D eigenvalue weighted by atomic mass is 35.5. The van der Waals surface area contributed by atoms with Gasteiger partial charge in [-0.25, -0.2) is 13.1 Å². The van der Waals surface area contributed by atoms with E-state index in [-0.39, 0.29) is 28.5 Å². The fourth-order valence-electron chi connectivity index (χ4n) is 3.65. The molecule has 1 heterocycles. The fraction of sp³-hybridized carbons (Fsp3) is 0.632. The number of hydrogen-bond donors (Lipinski definition) is 1. The highest BCUT2D eigenvalue weighted by Crippen LogP contribution is 2.28. The number of sulfonamides is 1. The van der Waals surface area contributed by atoms with Crippen molar-refractivity contribution in [2.24, 2.45) is 0 Å². The Hall–Kier alpha value is -1.31. The van der Waals surface area contributed by atoms with Gasteiger partial charge in [0.05, 0.1) is 9.92 Å². The average Bonchev–Trinajstić information content (AvgIpc) is 2.98. The van der Waals surface area contributed by atoms with Crippen LogP contribution < -0.4 is 9.46 Å². The predicted molar refractivity (Wildman–Crippen MR) is 105 cm³/mol. The molecule has 1 aromatic rings. The van der Waals surface area contributed by atoms with Crippen LogP contribution in [0.5, 0.6) is 5.75 Å². The summed E-state index contributed by atoms with van der Waals surface area (Å²) in [5, 5.41) is 0.188. The first kappa shape index (κ1) is 20.4. The molecule has 1 aromatic carbocycles. The molecule has 150 valence electrons.